The number of piperazine rings is 1. The molecule has 3 nitrogen and oxygen atoms in total. The van der Waals surface area contributed by atoms with E-state index in [1.807, 2.05) is 6.20 Å². The molecule has 22 heavy (non-hydrogen) atoms. The molecule has 2 aromatic rings. The molecule has 0 radical (unpaired) electrons. The van der Waals surface area contributed by atoms with Crippen LogP contribution in [0.15, 0.2) is 24.4 Å². The SMILES string of the molecule is CCc1cc(N2CCN(C)CC2)c2nccc(C(C)C)c2c1. The Morgan fingerprint density at radius 3 is 2.50 bits per heavy atom. The molecule has 0 saturated carbocycles. The fraction of sp³-hybridized carbons (Fsp3) is 0.526. The number of aryl methyl sites for hydroxylation is 1. The summed E-state index contributed by atoms with van der Waals surface area (Å²) in [6, 6.07) is 6.88. The van der Waals surface area contributed by atoms with Gasteiger partial charge in [0.15, 0.2) is 0 Å². The summed E-state index contributed by atoms with van der Waals surface area (Å²) >= 11 is 0. The molecular weight excluding hydrogens is 270 g/mol. The first-order chi connectivity index (χ1) is 10.6. The second-order valence-corrected chi connectivity index (χ2v) is 6.71. The monoisotopic (exact) mass is 297 g/mol. The maximum Gasteiger partial charge on any atom is 0.0938 e. The van der Waals surface area contributed by atoms with Crippen molar-refractivity contribution in [1.29, 1.82) is 0 Å². The van der Waals surface area contributed by atoms with E-state index in [0.29, 0.717) is 5.92 Å². The Bertz CT molecular complexity index is 655. The second kappa shape index (κ2) is 6.25. The third-order valence-electron chi connectivity index (χ3n) is 4.79. The van der Waals surface area contributed by atoms with E-state index in [4.69, 9.17) is 4.98 Å². The molecule has 0 spiro atoms. The lowest BCUT2D eigenvalue weighted by molar-refractivity contribution is 0.313. The number of aromatic nitrogens is 1. The van der Waals surface area contributed by atoms with Gasteiger partial charge >= 0.3 is 0 Å². The summed E-state index contributed by atoms with van der Waals surface area (Å²) in [7, 11) is 2.20. The molecule has 118 valence electrons. The van der Waals surface area contributed by atoms with E-state index >= 15 is 0 Å². The number of rotatable bonds is 3. The van der Waals surface area contributed by atoms with Gasteiger partial charge in [-0.15, -0.1) is 0 Å². The van der Waals surface area contributed by atoms with Gasteiger partial charge in [-0.25, -0.2) is 0 Å². The summed E-state index contributed by atoms with van der Waals surface area (Å²) in [5.41, 5.74) is 5.32. The van der Waals surface area contributed by atoms with E-state index < -0.39 is 0 Å². The zero-order valence-corrected chi connectivity index (χ0v) is 14.3. The van der Waals surface area contributed by atoms with Crippen LogP contribution in [0.4, 0.5) is 5.69 Å². The Morgan fingerprint density at radius 1 is 1.14 bits per heavy atom. The summed E-state index contributed by atoms with van der Waals surface area (Å²) in [6.45, 7) is 11.2. The van der Waals surface area contributed by atoms with Crippen LogP contribution in [-0.2, 0) is 6.42 Å². The van der Waals surface area contributed by atoms with Gasteiger partial charge in [0, 0.05) is 37.8 Å². The summed E-state index contributed by atoms with van der Waals surface area (Å²) in [5, 5.41) is 1.34. The fourth-order valence-corrected chi connectivity index (χ4v) is 3.31. The molecule has 0 amide bonds. The number of likely N-dealkylation sites (N-methyl/N-ethyl adjacent to an activating group) is 1. The highest BCUT2D eigenvalue weighted by molar-refractivity contribution is 5.94. The molecule has 1 saturated heterocycles. The molecule has 1 aromatic heterocycles. The molecule has 0 bridgehead atoms. The number of pyridine rings is 1. The van der Waals surface area contributed by atoms with Crippen LogP contribution in [0.3, 0.4) is 0 Å². The van der Waals surface area contributed by atoms with Crippen LogP contribution in [0, 0.1) is 0 Å². The van der Waals surface area contributed by atoms with Crippen LogP contribution in [0.1, 0.15) is 37.8 Å². The van der Waals surface area contributed by atoms with Gasteiger partial charge in [-0.2, -0.15) is 0 Å². The third-order valence-corrected chi connectivity index (χ3v) is 4.79. The van der Waals surface area contributed by atoms with Crippen LogP contribution in [0.5, 0.6) is 0 Å². The lowest BCUT2D eigenvalue weighted by Gasteiger charge is -2.34. The van der Waals surface area contributed by atoms with Gasteiger partial charge in [0.05, 0.1) is 11.2 Å². The molecule has 1 aliphatic heterocycles. The van der Waals surface area contributed by atoms with Crippen molar-refractivity contribution in [1.82, 2.24) is 9.88 Å². The maximum absolute atomic E-state index is 4.74. The zero-order chi connectivity index (χ0) is 15.7. The maximum atomic E-state index is 4.74. The second-order valence-electron chi connectivity index (χ2n) is 6.71. The minimum absolute atomic E-state index is 0.526. The van der Waals surface area contributed by atoms with Crippen LogP contribution in [-0.4, -0.2) is 43.1 Å². The molecule has 0 N–H and O–H groups in total. The molecule has 0 aliphatic carbocycles. The molecule has 0 unspecified atom stereocenters. The Balaban J connectivity index is 2.14. The first-order valence-corrected chi connectivity index (χ1v) is 8.45. The van der Waals surface area contributed by atoms with Crippen molar-refractivity contribution < 1.29 is 0 Å². The Hall–Kier alpha value is -1.61. The topological polar surface area (TPSA) is 19.4 Å². The molecular formula is C19H27N3. The summed E-state index contributed by atoms with van der Waals surface area (Å²) in [5.74, 6) is 0.526. The molecule has 2 heterocycles. The predicted molar refractivity (Wildman–Crippen MR) is 94.9 cm³/mol. The van der Waals surface area contributed by atoms with E-state index in [-0.39, 0.29) is 0 Å². The van der Waals surface area contributed by atoms with E-state index in [9.17, 15) is 0 Å². The quantitative estimate of drug-likeness (QED) is 0.861. The molecule has 1 aliphatic rings. The fourth-order valence-electron chi connectivity index (χ4n) is 3.31. The summed E-state index contributed by atoms with van der Waals surface area (Å²) in [4.78, 5) is 9.65. The number of hydrogen-bond donors (Lipinski definition) is 0. The van der Waals surface area contributed by atoms with Gasteiger partial charge < -0.3 is 9.80 Å². The highest BCUT2D eigenvalue weighted by Gasteiger charge is 2.19. The average Bonchev–Trinajstić information content (AvgIpc) is 2.53. The van der Waals surface area contributed by atoms with E-state index in [2.05, 4.69) is 55.8 Å². The lowest BCUT2D eigenvalue weighted by atomic mass is 9.96. The van der Waals surface area contributed by atoms with Gasteiger partial charge in [0.2, 0.25) is 0 Å². The zero-order valence-electron chi connectivity index (χ0n) is 14.3. The van der Waals surface area contributed by atoms with Crippen LogP contribution in [0.25, 0.3) is 10.9 Å². The molecule has 3 rings (SSSR count). The number of nitrogens with zero attached hydrogens (tertiary/aromatic N) is 3. The van der Waals surface area contributed by atoms with Crippen molar-refractivity contribution in [2.24, 2.45) is 0 Å². The van der Waals surface area contributed by atoms with Crippen molar-refractivity contribution in [2.45, 2.75) is 33.1 Å². The first kappa shape index (κ1) is 15.3. The third kappa shape index (κ3) is 2.82. The van der Waals surface area contributed by atoms with Crippen LogP contribution in [0.2, 0.25) is 0 Å². The molecule has 1 fully saturated rings. The summed E-state index contributed by atoms with van der Waals surface area (Å²) in [6.07, 6.45) is 3.05. The molecule has 0 atom stereocenters. The van der Waals surface area contributed by atoms with Crippen LogP contribution >= 0.6 is 0 Å². The largest absolute Gasteiger partial charge is 0.367 e. The van der Waals surface area contributed by atoms with Gasteiger partial charge in [-0.05, 0) is 48.7 Å². The van der Waals surface area contributed by atoms with E-state index in [1.165, 1.54) is 27.7 Å². The minimum atomic E-state index is 0.526. The van der Waals surface area contributed by atoms with Crippen LogP contribution < -0.4 is 4.90 Å². The van der Waals surface area contributed by atoms with Crippen molar-refractivity contribution in [3.8, 4) is 0 Å². The van der Waals surface area contributed by atoms with E-state index in [0.717, 1.165) is 32.6 Å². The van der Waals surface area contributed by atoms with Crippen molar-refractivity contribution in [3.63, 3.8) is 0 Å². The van der Waals surface area contributed by atoms with Gasteiger partial charge in [0.25, 0.3) is 0 Å². The Kier molecular flexibility index (Phi) is 4.34. The number of hydrogen-bond acceptors (Lipinski definition) is 3. The average molecular weight is 297 g/mol. The first-order valence-electron chi connectivity index (χ1n) is 8.45. The number of anilines is 1. The Labute approximate surface area is 133 Å². The highest BCUT2D eigenvalue weighted by Crippen LogP contribution is 2.32. The van der Waals surface area contributed by atoms with Crippen molar-refractivity contribution in [2.75, 3.05) is 38.1 Å². The highest BCUT2D eigenvalue weighted by atomic mass is 15.2. The van der Waals surface area contributed by atoms with Gasteiger partial charge in [-0.3, -0.25) is 4.98 Å². The minimum Gasteiger partial charge on any atom is -0.367 e. The predicted octanol–water partition coefficient (Wildman–Crippen LogP) is 3.67. The van der Waals surface area contributed by atoms with Gasteiger partial charge in [-0.1, -0.05) is 20.8 Å². The van der Waals surface area contributed by atoms with E-state index in [1.54, 1.807) is 0 Å². The molecule has 1 aromatic carbocycles. The number of benzene rings is 1. The smallest absolute Gasteiger partial charge is 0.0938 e. The molecule has 3 heteroatoms. The van der Waals surface area contributed by atoms with Gasteiger partial charge in [0.1, 0.15) is 0 Å². The van der Waals surface area contributed by atoms with Crippen molar-refractivity contribution >= 4 is 16.6 Å². The van der Waals surface area contributed by atoms with Crippen molar-refractivity contribution in [3.05, 3.63) is 35.5 Å². The number of fused-ring (bicyclic) bond motifs is 1. The Morgan fingerprint density at radius 2 is 1.86 bits per heavy atom. The standard InChI is InChI=1S/C19H27N3/c1-5-15-12-17-16(14(2)3)6-7-20-19(17)18(13-15)22-10-8-21(4)9-11-22/h6-7,12-14H,5,8-11H2,1-4H3. The normalized spacial score (nSPS) is 16.7. The lowest BCUT2D eigenvalue weighted by Crippen LogP contribution is -2.44. The summed E-state index contributed by atoms with van der Waals surface area (Å²) < 4.78 is 0.